The van der Waals surface area contributed by atoms with E-state index in [4.69, 9.17) is 0 Å². The molecule has 0 unspecified atom stereocenters. The van der Waals surface area contributed by atoms with E-state index in [1.807, 2.05) is 13.8 Å². The lowest BCUT2D eigenvalue weighted by Crippen LogP contribution is -2.14. The van der Waals surface area contributed by atoms with E-state index in [2.05, 4.69) is 10.6 Å². The Morgan fingerprint density at radius 3 is 1.92 bits per heavy atom. The number of nitrogens with one attached hydrogen (secondary N) is 2. The Bertz CT molecular complexity index is 709. The summed E-state index contributed by atoms with van der Waals surface area (Å²) in [5.74, 6) is -0.111. The van der Waals surface area contributed by atoms with Gasteiger partial charge in [0.1, 0.15) is 5.82 Å². The molecule has 0 radical (unpaired) electrons. The van der Waals surface area contributed by atoms with Crippen LogP contribution in [0.2, 0.25) is 0 Å². The lowest BCUT2D eigenvalue weighted by atomic mass is 10.1. The number of halogens is 1. The highest BCUT2D eigenvalue weighted by Crippen LogP contribution is 2.15. The number of aryl methyl sites for hydroxylation is 1. The minimum absolute atomic E-state index is 0.0221. The molecule has 5 heteroatoms. The largest absolute Gasteiger partial charge is 0.326 e. The maximum Gasteiger partial charge on any atom is 0.224 e. The summed E-state index contributed by atoms with van der Waals surface area (Å²) >= 11 is 0. The highest BCUT2D eigenvalue weighted by Gasteiger charge is 2.06. The van der Waals surface area contributed by atoms with Crippen LogP contribution in [0, 0.1) is 11.7 Å². The van der Waals surface area contributed by atoms with Gasteiger partial charge in [-0.05, 0) is 54.3 Å². The molecule has 2 amide bonds. The van der Waals surface area contributed by atoms with Crippen molar-refractivity contribution < 1.29 is 14.0 Å². The number of carbonyl (C=O) groups excluding carboxylic acids is 2. The predicted molar refractivity (Wildman–Crippen MR) is 97.9 cm³/mol. The molecule has 0 aliphatic carbocycles. The summed E-state index contributed by atoms with van der Waals surface area (Å²) in [6.07, 6.45) is 1.34. The van der Waals surface area contributed by atoms with Crippen LogP contribution < -0.4 is 10.6 Å². The molecule has 0 atom stereocenters. The average Bonchev–Trinajstić information content (AvgIpc) is 2.55. The van der Waals surface area contributed by atoms with Gasteiger partial charge in [-0.3, -0.25) is 9.59 Å². The molecule has 2 aromatic rings. The smallest absolute Gasteiger partial charge is 0.224 e. The van der Waals surface area contributed by atoms with Crippen molar-refractivity contribution in [1.29, 1.82) is 0 Å². The monoisotopic (exact) mass is 342 g/mol. The first-order valence-corrected chi connectivity index (χ1v) is 8.36. The van der Waals surface area contributed by atoms with Crippen molar-refractivity contribution in [2.45, 2.75) is 33.1 Å². The SMILES string of the molecule is CC(C)CC(=O)Nc1ccc(NC(=O)CCc2ccc(F)cc2)cc1. The van der Waals surface area contributed by atoms with Crippen LogP contribution in [0.3, 0.4) is 0 Å². The number of benzene rings is 2. The second kappa shape index (κ2) is 8.97. The van der Waals surface area contributed by atoms with Gasteiger partial charge in [0.25, 0.3) is 0 Å². The van der Waals surface area contributed by atoms with Gasteiger partial charge in [0.2, 0.25) is 11.8 Å². The predicted octanol–water partition coefficient (Wildman–Crippen LogP) is 4.38. The number of amides is 2. The molecule has 0 aromatic heterocycles. The molecule has 0 aliphatic heterocycles. The number of carbonyl (C=O) groups is 2. The standard InChI is InChI=1S/C20H23FN2O2/c1-14(2)13-20(25)23-18-10-8-17(9-11-18)22-19(24)12-5-15-3-6-16(21)7-4-15/h3-4,6-11,14H,5,12-13H2,1-2H3,(H,22,24)(H,23,25). The van der Waals surface area contributed by atoms with Crippen LogP contribution in [-0.2, 0) is 16.0 Å². The Balaban J connectivity index is 1.80. The van der Waals surface area contributed by atoms with Crippen LogP contribution in [0.1, 0.15) is 32.3 Å². The Morgan fingerprint density at radius 2 is 1.40 bits per heavy atom. The zero-order chi connectivity index (χ0) is 18.2. The van der Waals surface area contributed by atoms with Gasteiger partial charge in [0, 0.05) is 24.2 Å². The molecule has 0 bridgehead atoms. The molecule has 2 rings (SSSR count). The molecule has 2 aromatic carbocycles. The van der Waals surface area contributed by atoms with Crippen molar-refractivity contribution in [2.24, 2.45) is 5.92 Å². The highest BCUT2D eigenvalue weighted by molar-refractivity contribution is 5.93. The number of hydrogen-bond donors (Lipinski definition) is 2. The first-order chi connectivity index (χ1) is 11.9. The molecule has 0 aliphatic rings. The number of anilines is 2. The first-order valence-electron chi connectivity index (χ1n) is 8.36. The van der Waals surface area contributed by atoms with Crippen molar-refractivity contribution in [1.82, 2.24) is 0 Å². The van der Waals surface area contributed by atoms with Crippen molar-refractivity contribution in [3.05, 3.63) is 59.9 Å². The third kappa shape index (κ3) is 6.75. The van der Waals surface area contributed by atoms with Gasteiger partial charge in [-0.1, -0.05) is 26.0 Å². The zero-order valence-electron chi connectivity index (χ0n) is 14.5. The van der Waals surface area contributed by atoms with Crippen LogP contribution in [0.4, 0.5) is 15.8 Å². The minimum Gasteiger partial charge on any atom is -0.326 e. The molecule has 0 fully saturated rings. The molecule has 0 heterocycles. The number of rotatable bonds is 7. The third-order valence-electron chi connectivity index (χ3n) is 3.60. The average molecular weight is 342 g/mol. The van der Waals surface area contributed by atoms with E-state index in [-0.39, 0.29) is 17.6 Å². The van der Waals surface area contributed by atoms with E-state index >= 15 is 0 Å². The molecular weight excluding hydrogens is 319 g/mol. The fourth-order valence-corrected chi connectivity index (χ4v) is 2.35. The topological polar surface area (TPSA) is 58.2 Å². The highest BCUT2D eigenvalue weighted by atomic mass is 19.1. The van der Waals surface area contributed by atoms with E-state index < -0.39 is 0 Å². The zero-order valence-corrected chi connectivity index (χ0v) is 14.5. The van der Waals surface area contributed by atoms with Crippen LogP contribution >= 0.6 is 0 Å². The van der Waals surface area contributed by atoms with Gasteiger partial charge in [0.05, 0.1) is 0 Å². The van der Waals surface area contributed by atoms with Gasteiger partial charge in [-0.2, -0.15) is 0 Å². The summed E-state index contributed by atoms with van der Waals surface area (Å²) in [6.45, 7) is 3.98. The van der Waals surface area contributed by atoms with E-state index in [9.17, 15) is 14.0 Å². The molecule has 2 N–H and O–H groups in total. The van der Waals surface area contributed by atoms with Gasteiger partial charge in [-0.15, -0.1) is 0 Å². The summed E-state index contributed by atoms with van der Waals surface area (Å²) in [6, 6.07) is 13.1. The molecule has 0 spiro atoms. The summed E-state index contributed by atoms with van der Waals surface area (Å²) in [5, 5.41) is 5.63. The molecule has 25 heavy (non-hydrogen) atoms. The van der Waals surface area contributed by atoms with Crippen molar-refractivity contribution >= 4 is 23.2 Å². The Labute approximate surface area is 147 Å². The fourth-order valence-electron chi connectivity index (χ4n) is 2.35. The van der Waals surface area contributed by atoms with Crippen LogP contribution in [-0.4, -0.2) is 11.8 Å². The quantitative estimate of drug-likeness (QED) is 0.784. The van der Waals surface area contributed by atoms with E-state index in [0.29, 0.717) is 36.6 Å². The second-order valence-electron chi connectivity index (χ2n) is 6.40. The molecule has 132 valence electrons. The van der Waals surface area contributed by atoms with E-state index in [0.717, 1.165) is 5.56 Å². The molecule has 0 saturated carbocycles. The van der Waals surface area contributed by atoms with Crippen LogP contribution in [0.25, 0.3) is 0 Å². The Kier molecular flexibility index (Phi) is 6.69. The van der Waals surface area contributed by atoms with Gasteiger partial charge >= 0.3 is 0 Å². The van der Waals surface area contributed by atoms with Crippen molar-refractivity contribution in [3.8, 4) is 0 Å². The maximum absolute atomic E-state index is 12.8. The summed E-state index contributed by atoms with van der Waals surface area (Å²) in [4.78, 5) is 23.7. The molecule has 4 nitrogen and oxygen atoms in total. The lowest BCUT2D eigenvalue weighted by Gasteiger charge is -2.09. The van der Waals surface area contributed by atoms with Gasteiger partial charge in [-0.25, -0.2) is 4.39 Å². The molecular formula is C20H23FN2O2. The van der Waals surface area contributed by atoms with Gasteiger partial charge < -0.3 is 10.6 Å². The fraction of sp³-hybridized carbons (Fsp3) is 0.300. The van der Waals surface area contributed by atoms with Gasteiger partial charge in [0.15, 0.2) is 0 Å². The number of hydrogen-bond acceptors (Lipinski definition) is 2. The van der Waals surface area contributed by atoms with E-state index in [1.165, 1.54) is 12.1 Å². The maximum atomic E-state index is 12.8. The first kappa shape index (κ1) is 18.6. The Hall–Kier alpha value is -2.69. The van der Waals surface area contributed by atoms with Crippen molar-refractivity contribution in [2.75, 3.05) is 10.6 Å². The Morgan fingerprint density at radius 1 is 0.880 bits per heavy atom. The third-order valence-corrected chi connectivity index (χ3v) is 3.60. The summed E-state index contributed by atoms with van der Waals surface area (Å²) in [5.41, 5.74) is 2.29. The second-order valence-corrected chi connectivity index (χ2v) is 6.40. The minimum atomic E-state index is -0.284. The normalized spacial score (nSPS) is 10.6. The van der Waals surface area contributed by atoms with Crippen molar-refractivity contribution in [3.63, 3.8) is 0 Å². The summed E-state index contributed by atoms with van der Waals surface area (Å²) < 4.78 is 12.8. The summed E-state index contributed by atoms with van der Waals surface area (Å²) in [7, 11) is 0. The van der Waals surface area contributed by atoms with Crippen LogP contribution in [0.15, 0.2) is 48.5 Å². The lowest BCUT2D eigenvalue weighted by molar-refractivity contribution is -0.117. The van der Waals surface area contributed by atoms with E-state index in [1.54, 1.807) is 36.4 Å². The van der Waals surface area contributed by atoms with Crippen LogP contribution in [0.5, 0.6) is 0 Å². The molecule has 0 saturated heterocycles.